The van der Waals surface area contributed by atoms with Gasteiger partial charge in [-0.2, -0.15) is 0 Å². The normalized spacial score (nSPS) is 11.2. The Kier molecular flexibility index (Phi) is 14.0. The van der Waals surface area contributed by atoms with Crippen molar-refractivity contribution in [2.24, 2.45) is 0 Å². The summed E-state index contributed by atoms with van der Waals surface area (Å²) < 4.78 is 12.0. The Morgan fingerprint density at radius 1 is 0.840 bits per heavy atom. The molecule has 4 heteroatoms. The molecule has 0 N–H and O–H groups in total. The molecule has 0 aliphatic heterocycles. The molecule has 0 unspecified atom stereocenters. The van der Waals surface area contributed by atoms with Crippen LogP contribution < -0.4 is 17.1 Å². The maximum atomic E-state index is 5.91. The molecule has 0 amide bonds. The highest BCUT2D eigenvalue weighted by molar-refractivity contribution is 5.26. The third-order valence-electron chi connectivity index (χ3n) is 4.49. The van der Waals surface area contributed by atoms with Gasteiger partial charge in [-0.15, -0.1) is 0 Å². The molecule has 25 heavy (non-hydrogen) atoms. The number of benzene rings is 1. The van der Waals surface area contributed by atoms with Crippen LogP contribution in [-0.2, 0) is 11.3 Å². The van der Waals surface area contributed by atoms with E-state index >= 15 is 0 Å². The van der Waals surface area contributed by atoms with Gasteiger partial charge in [-0.1, -0.05) is 57.6 Å². The van der Waals surface area contributed by atoms with Crippen LogP contribution in [0.4, 0.5) is 0 Å². The Morgan fingerprint density at radius 2 is 1.40 bits per heavy atom. The van der Waals surface area contributed by atoms with Crippen LogP contribution in [0.15, 0.2) is 24.3 Å². The van der Waals surface area contributed by atoms with Crippen LogP contribution >= 0.6 is 0 Å². The fraction of sp³-hybridized carbons (Fsp3) is 0.714. The minimum Gasteiger partial charge on any atom is -1.00 e. The van der Waals surface area contributed by atoms with E-state index in [0.29, 0.717) is 6.61 Å². The van der Waals surface area contributed by atoms with Crippen LogP contribution in [0.25, 0.3) is 0 Å². The zero-order chi connectivity index (χ0) is 17.7. The summed E-state index contributed by atoms with van der Waals surface area (Å²) in [5, 5.41) is 0. The molecule has 0 atom stereocenters. The van der Waals surface area contributed by atoms with E-state index in [1.807, 2.05) is 12.1 Å². The van der Waals surface area contributed by atoms with Crippen LogP contribution in [0.3, 0.4) is 0 Å². The van der Waals surface area contributed by atoms with E-state index in [9.17, 15) is 0 Å². The SMILES string of the molecule is CCCCCCCCCC[N+](C)(C)COCc1ccc(OC)cc1.[Cl-]. The molecule has 0 aliphatic rings. The van der Waals surface area contributed by atoms with Crippen molar-refractivity contribution in [3.63, 3.8) is 0 Å². The lowest BCUT2D eigenvalue weighted by molar-refractivity contribution is -0.910. The highest BCUT2D eigenvalue weighted by Gasteiger charge is 2.14. The quantitative estimate of drug-likeness (QED) is 0.284. The Morgan fingerprint density at radius 3 is 1.96 bits per heavy atom. The second kappa shape index (κ2) is 14.4. The molecule has 0 spiro atoms. The number of hydrogen-bond donors (Lipinski definition) is 0. The smallest absolute Gasteiger partial charge is 0.183 e. The lowest BCUT2D eigenvalue weighted by atomic mass is 10.1. The van der Waals surface area contributed by atoms with E-state index in [4.69, 9.17) is 9.47 Å². The van der Waals surface area contributed by atoms with Gasteiger partial charge in [0.2, 0.25) is 0 Å². The molecule has 0 heterocycles. The molecular weight excluding hydrogens is 334 g/mol. The molecule has 0 bridgehead atoms. The third kappa shape index (κ3) is 12.3. The van der Waals surface area contributed by atoms with Crippen molar-refractivity contribution in [1.29, 1.82) is 0 Å². The van der Waals surface area contributed by atoms with Crippen LogP contribution in [0.1, 0.15) is 63.9 Å². The molecule has 146 valence electrons. The second-order valence-electron chi connectivity index (χ2n) is 7.46. The summed E-state index contributed by atoms with van der Waals surface area (Å²) in [7, 11) is 6.21. The summed E-state index contributed by atoms with van der Waals surface area (Å²) >= 11 is 0. The molecule has 0 aromatic heterocycles. The molecule has 0 fully saturated rings. The molecule has 1 aromatic carbocycles. The number of rotatable bonds is 14. The first-order chi connectivity index (χ1) is 11.6. The fourth-order valence-electron chi connectivity index (χ4n) is 2.87. The van der Waals surface area contributed by atoms with E-state index in [2.05, 4.69) is 33.2 Å². The van der Waals surface area contributed by atoms with Crippen LogP contribution in [-0.4, -0.2) is 39.0 Å². The van der Waals surface area contributed by atoms with Gasteiger partial charge in [0.25, 0.3) is 0 Å². The molecule has 0 radical (unpaired) electrons. The summed E-state index contributed by atoms with van der Waals surface area (Å²) in [5.74, 6) is 0.893. The standard InChI is InChI=1S/C21H38NO2.ClH/c1-5-6-7-8-9-10-11-12-17-22(2,3)19-24-18-20-13-15-21(23-4)16-14-20;/h13-16H,5-12,17-19H2,1-4H3;1H/q+1;/p-1. The summed E-state index contributed by atoms with van der Waals surface area (Å²) in [6, 6.07) is 8.10. The number of quaternary nitrogens is 1. The Hall–Kier alpha value is -0.770. The van der Waals surface area contributed by atoms with Gasteiger partial charge in [0.15, 0.2) is 6.73 Å². The highest BCUT2D eigenvalue weighted by Crippen LogP contribution is 2.13. The number of halogens is 1. The van der Waals surface area contributed by atoms with E-state index in [-0.39, 0.29) is 12.4 Å². The van der Waals surface area contributed by atoms with Crippen molar-refractivity contribution < 1.29 is 26.4 Å². The minimum absolute atomic E-state index is 0. The van der Waals surface area contributed by atoms with Crippen LogP contribution in [0.5, 0.6) is 5.75 Å². The van der Waals surface area contributed by atoms with Gasteiger partial charge < -0.3 is 26.4 Å². The van der Waals surface area contributed by atoms with Crippen molar-refractivity contribution in [2.45, 2.75) is 64.9 Å². The Balaban J connectivity index is 0.00000576. The summed E-state index contributed by atoms with van der Waals surface area (Å²) in [5.41, 5.74) is 1.20. The van der Waals surface area contributed by atoms with E-state index in [0.717, 1.165) is 17.0 Å². The first kappa shape index (κ1) is 24.2. The summed E-state index contributed by atoms with van der Waals surface area (Å²) in [6.07, 6.45) is 11.0. The molecular formula is C21H38ClNO2. The van der Waals surface area contributed by atoms with Crippen LogP contribution in [0.2, 0.25) is 0 Å². The van der Waals surface area contributed by atoms with Crippen molar-refractivity contribution in [3.8, 4) is 5.75 Å². The van der Waals surface area contributed by atoms with E-state index in [1.54, 1.807) is 7.11 Å². The molecule has 1 rings (SSSR count). The summed E-state index contributed by atoms with van der Waals surface area (Å²) in [4.78, 5) is 0. The Bertz CT molecular complexity index is 420. The molecule has 0 saturated heterocycles. The zero-order valence-electron chi connectivity index (χ0n) is 16.7. The van der Waals surface area contributed by atoms with Crippen LogP contribution in [0, 0.1) is 0 Å². The molecule has 3 nitrogen and oxygen atoms in total. The molecule has 0 aliphatic carbocycles. The maximum Gasteiger partial charge on any atom is 0.183 e. The highest BCUT2D eigenvalue weighted by atomic mass is 35.5. The fourth-order valence-corrected chi connectivity index (χ4v) is 2.87. The van der Waals surface area contributed by atoms with Crippen molar-refractivity contribution in [1.82, 2.24) is 0 Å². The number of methoxy groups -OCH3 is 1. The number of unbranched alkanes of at least 4 members (excludes halogenated alkanes) is 7. The van der Waals surface area contributed by atoms with Crippen molar-refractivity contribution in [3.05, 3.63) is 29.8 Å². The van der Waals surface area contributed by atoms with Gasteiger partial charge in [-0.05, 0) is 30.5 Å². The number of ether oxygens (including phenoxy) is 2. The summed E-state index contributed by atoms with van der Waals surface area (Å²) in [6.45, 7) is 4.90. The van der Waals surface area contributed by atoms with Gasteiger partial charge in [-0.25, -0.2) is 0 Å². The topological polar surface area (TPSA) is 18.5 Å². The average molecular weight is 372 g/mol. The number of nitrogens with zero attached hydrogens (tertiary/aromatic N) is 1. The van der Waals surface area contributed by atoms with E-state index < -0.39 is 0 Å². The van der Waals surface area contributed by atoms with Gasteiger partial charge in [0, 0.05) is 0 Å². The van der Waals surface area contributed by atoms with Crippen molar-refractivity contribution >= 4 is 0 Å². The molecule has 1 aromatic rings. The lowest BCUT2D eigenvalue weighted by Crippen LogP contribution is -3.00. The van der Waals surface area contributed by atoms with Crippen molar-refractivity contribution in [2.75, 3.05) is 34.5 Å². The van der Waals surface area contributed by atoms with E-state index in [1.165, 1.54) is 63.5 Å². The lowest BCUT2D eigenvalue weighted by Gasteiger charge is -2.29. The monoisotopic (exact) mass is 371 g/mol. The third-order valence-corrected chi connectivity index (χ3v) is 4.49. The minimum atomic E-state index is 0. The second-order valence-corrected chi connectivity index (χ2v) is 7.46. The zero-order valence-corrected chi connectivity index (χ0v) is 17.5. The predicted octanol–water partition coefficient (Wildman–Crippen LogP) is 2.39. The van der Waals surface area contributed by atoms with Gasteiger partial charge in [0.05, 0.1) is 34.4 Å². The van der Waals surface area contributed by atoms with Gasteiger partial charge in [0.1, 0.15) is 5.75 Å². The predicted molar refractivity (Wildman–Crippen MR) is 102 cm³/mol. The first-order valence-electron chi connectivity index (χ1n) is 9.60. The first-order valence-corrected chi connectivity index (χ1v) is 9.60. The maximum absolute atomic E-state index is 5.91. The number of hydrogen-bond acceptors (Lipinski definition) is 2. The van der Waals surface area contributed by atoms with Gasteiger partial charge >= 0.3 is 0 Å². The molecule has 0 saturated carbocycles. The Labute approximate surface area is 161 Å². The van der Waals surface area contributed by atoms with Gasteiger partial charge in [-0.3, -0.25) is 0 Å². The largest absolute Gasteiger partial charge is 1.00 e. The average Bonchev–Trinajstić information content (AvgIpc) is 2.58.